The molecule has 156 valence electrons. The van der Waals surface area contributed by atoms with Crippen molar-refractivity contribution in [2.45, 2.75) is 124 Å². The second kappa shape index (κ2) is 13.1. The van der Waals surface area contributed by atoms with E-state index in [2.05, 4.69) is 13.8 Å². The Morgan fingerprint density at radius 2 is 1.30 bits per heavy atom. The van der Waals surface area contributed by atoms with Crippen molar-refractivity contribution in [1.82, 2.24) is 0 Å². The Hall–Kier alpha value is -1.12. The van der Waals surface area contributed by atoms with E-state index in [1.807, 2.05) is 6.92 Å². The number of allylic oxidation sites excluding steroid dienone is 2. The van der Waals surface area contributed by atoms with E-state index in [4.69, 9.17) is 5.11 Å². The summed E-state index contributed by atoms with van der Waals surface area (Å²) >= 11 is 0. The molecule has 0 atom stereocenters. The quantitative estimate of drug-likeness (QED) is 0.306. The average molecular weight is 379 g/mol. The number of ketones is 1. The van der Waals surface area contributed by atoms with Crippen LogP contribution >= 0.6 is 0 Å². The SMILES string of the molecule is CC1=C(CCCCCCCCCCCCCCC(=O)O)C(C)(C)CCC1=O. The number of carboxylic acid groups (broad SMARTS) is 1. The predicted molar refractivity (Wildman–Crippen MR) is 113 cm³/mol. The van der Waals surface area contributed by atoms with Crippen molar-refractivity contribution in [3.63, 3.8) is 0 Å². The zero-order valence-electron chi connectivity index (χ0n) is 18.1. The van der Waals surface area contributed by atoms with E-state index in [0.29, 0.717) is 12.2 Å². The van der Waals surface area contributed by atoms with Gasteiger partial charge in [-0.15, -0.1) is 0 Å². The van der Waals surface area contributed by atoms with Crippen molar-refractivity contribution < 1.29 is 14.7 Å². The lowest BCUT2D eigenvalue weighted by Gasteiger charge is -2.34. The van der Waals surface area contributed by atoms with Gasteiger partial charge in [0, 0.05) is 12.8 Å². The summed E-state index contributed by atoms with van der Waals surface area (Å²) in [5.41, 5.74) is 2.68. The Balaban J connectivity index is 1.95. The van der Waals surface area contributed by atoms with Crippen molar-refractivity contribution in [1.29, 1.82) is 0 Å². The predicted octanol–water partition coefficient (Wildman–Crippen LogP) is 7.24. The molecule has 1 N–H and O–H groups in total. The maximum absolute atomic E-state index is 12.0. The second-order valence-corrected chi connectivity index (χ2v) is 9.05. The highest BCUT2D eigenvalue weighted by Gasteiger charge is 2.31. The van der Waals surface area contributed by atoms with Crippen molar-refractivity contribution >= 4 is 11.8 Å². The summed E-state index contributed by atoms with van der Waals surface area (Å²) < 4.78 is 0. The molecule has 0 saturated heterocycles. The second-order valence-electron chi connectivity index (χ2n) is 9.05. The van der Waals surface area contributed by atoms with Gasteiger partial charge in [0.2, 0.25) is 0 Å². The van der Waals surface area contributed by atoms with Gasteiger partial charge in [0.25, 0.3) is 0 Å². The Bertz CT molecular complexity index is 488. The van der Waals surface area contributed by atoms with Crippen LogP contribution < -0.4 is 0 Å². The molecule has 0 aromatic heterocycles. The molecule has 1 rings (SSSR count). The smallest absolute Gasteiger partial charge is 0.303 e. The number of unbranched alkanes of at least 4 members (excludes halogenated alkanes) is 11. The third kappa shape index (κ3) is 10.1. The monoisotopic (exact) mass is 378 g/mol. The standard InChI is InChI=1S/C24H42O3/c1-20-21(24(2,3)19-18-22(20)25)16-14-12-10-8-6-4-5-7-9-11-13-15-17-23(26)27/h4-19H2,1-3H3,(H,26,27). The van der Waals surface area contributed by atoms with Gasteiger partial charge in [-0.3, -0.25) is 9.59 Å². The van der Waals surface area contributed by atoms with Crippen LogP contribution in [-0.2, 0) is 9.59 Å². The van der Waals surface area contributed by atoms with Crippen LogP contribution in [0, 0.1) is 5.41 Å². The molecule has 0 saturated carbocycles. The van der Waals surface area contributed by atoms with Crippen molar-refractivity contribution in [3.8, 4) is 0 Å². The first-order valence-electron chi connectivity index (χ1n) is 11.3. The molecule has 0 aliphatic heterocycles. The maximum Gasteiger partial charge on any atom is 0.303 e. The van der Waals surface area contributed by atoms with Crippen LogP contribution in [-0.4, -0.2) is 16.9 Å². The highest BCUT2D eigenvalue weighted by atomic mass is 16.4. The van der Waals surface area contributed by atoms with Crippen LogP contribution in [0.4, 0.5) is 0 Å². The first-order valence-corrected chi connectivity index (χ1v) is 11.3. The molecule has 0 heterocycles. The lowest BCUT2D eigenvalue weighted by molar-refractivity contribution is -0.137. The molecule has 0 aromatic rings. The van der Waals surface area contributed by atoms with E-state index in [9.17, 15) is 9.59 Å². The number of carbonyl (C=O) groups excluding carboxylic acids is 1. The average Bonchev–Trinajstić information content (AvgIpc) is 2.61. The first-order chi connectivity index (χ1) is 12.8. The van der Waals surface area contributed by atoms with Gasteiger partial charge in [0.15, 0.2) is 5.78 Å². The summed E-state index contributed by atoms with van der Waals surface area (Å²) in [6.07, 6.45) is 17.9. The topological polar surface area (TPSA) is 54.4 Å². The van der Waals surface area contributed by atoms with Gasteiger partial charge in [0.1, 0.15) is 0 Å². The van der Waals surface area contributed by atoms with Crippen molar-refractivity contribution in [3.05, 3.63) is 11.1 Å². The van der Waals surface area contributed by atoms with Crippen LogP contribution in [0.15, 0.2) is 11.1 Å². The summed E-state index contributed by atoms with van der Waals surface area (Å²) in [4.78, 5) is 22.4. The van der Waals surface area contributed by atoms with E-state index < -0.39 is 5.97 Å². The Morgan fingerprint density at radius 1 is 0.852 bits per heavy atom. The fourth-order valence-electron chi connectivity index (χ4n) is 4.31. The van der Waals surface area contributed by atoms with Gasteiger partial charge in [-0.2, -0.15) is 0 Å². The zero-order chi connectivity index (χ0) is 20.1. The van der Waals surface area contributed by atoms with Crippen LogP contribution in [0.5, 0.6) is 0 Å². The van der Waals surface area contributed by atoms with Gasteiger partial charge < -0.3 is 5.11 Å². The largest absolute Gasteiger partial charge is 0.481 e. The fraction of sp³-hybridized carbons (Fsp3) is 0.833. The van der Waals surface area contributed by atoms with Crippen molar-refractivity contribution in [2.75, 3.05) is 0 Å². The van der Waals surface area contributed by atoms with Gasteiger partial charge in [0.05, 0.1) is 0 Å². The number of carboxylic acids is 1. The van der Waals surface area contributed by atoms with Crippen LogP contribution in [0.3, 0.4) is 0 Å². The van der Waals surface area contributed by atoms with Crippen LogP contribution in [0.25, 0.3) is 0 Å². The Morgan fingerprint density at radius 3 is 1.78 bits per heavy atom. The zero-order valence-corrected chi connectivity index (χ0v) is 18.1. The van der Waals surface area contributed by atoms with E-state index in [1.54, 1.807) is 0 Å². The Labute approximate surface area is 167 Å². The first kappa shape index (κ1) is 23.9. The molecule has 1 aliphatic rings. The minimum Gasteiger partial charge on any atom is -0.481 e. The third-order valence-electron chi connectivity index (χ3n) is 6.23. The molecule has 3 heteroatoms. The van der Waals surface area contributed by atoms with Crippen LogP contribution in [0.1, 0.15) is 124 Å². The number of hydrogen-bond acceptors (Lipinski definition) is 2. The third-order valence-corrected chi connectivity index (χ3v) is 6.23. The molecular weight excluding hydrogens is 336 g/mol. The van der Waals surface area contributed by atoms with Gasteiger partial charge in [-0.25, -0.2) is 0 Å². The van der Waals surface area contributed by atoms with Crippen molar-refractivity contribution in [2.24, 2.45) is 5.41 Å². The molecule has 0 spiro atoms. The number of hydrogen-bond donors (Lipinski definition) is 1. The van der Waals surface area contributed by atoms with Gasteiger partial charge in [-0.1, -0.05) is 83.6 Å². The fourth-order valence-corrected chi connectivity index (χ4v) is 4.31. The molecule has 0 aromatic carbocycles. The molecule has 1 aliphatic carbocycles. The molecule has 3 nitrogen and oxygen atoms in total. The summed E-state index contributed by atoms with van der Waals surface area (Å²) in [6, 6.07) is 0. The maximum atomic E-state index is 12.0. The number of Topliss-reactive ketones (excluding diaryl/α,β-unsaturated/α-hetero) is 1. The normalized spacial score (nSPS) is 16.8. The number of carbonyl (C=O) groups is 2. The summed E-state index contributed by atoms with van der Waals surface area (Å²) in [5, 5.41) is 8.59. The number of rotatable bonds is 15. The highest BCUT2D eigenvalue weighted by Crippen LogP contribution is 2.41. The van der Waals surface area contributed by atoms with Crippen LogP contribution in [0.2, 0.25) is 0 Å². The highest BCUT2D eigenvalue weighted by molar-refractivity contribution is 5.96. The molecule has 0 radical (unpaired) electrons. The van der Waals surface area contributed by atoms with Gasteiger partial charge in [-0.05, 0) is 43.6 Å². The van der Waals surface area contributed by atoms with E-state index in [0.717, 1.165) is 37.7 Å². The molecule has 0 bridgehead atoms. The van der Waals surface area contributed by atoms with Gasteiger partial charge >= 0.3 is 5.97 Å². The summed E-state index contributed by atoms with van der Waals surface area (Å²) in [7, 11) is 0. The minimum atomic E-state index is -0.669. The molecular formula is C24H42O3. The molecule has 0 fully saturated rings. The van der Waals surface area contributed by atoms with E-state index in [-0.39, 0.29) is 5.41 Å². The number of aliphatic carboxylic acids is 1. The lowest BCUT2D eigenvalue weighted by atomic mass is 9.70. The molecule has 0 unspecified atom stereocenters. The summed E-state index contributed by atoms with van der Waals surface area (Å²) in [6.45, 7) is 6.62. The summed E-state index contributed by atoms with van der Waals surface area (Å²) in [5.74, 6) is -0.302. The molecule has 27 heavy (non-hydrogen) atoms. The van der Waals surface area contributed by atoms with E-state index in [1.165, 1.54) is 69.8 Å². The van der Waals surface area contributed by atoms with E-state index >= 15 is 0 Å². The lowest BCUT2D eigenvalue weighted by Crippen LogP contribution is -2.25. The Kier molecular flexibility index (Phi) is 11.6. The molecule has 0 amide bonds. The minimum absolute atomic E-state index is 0.214.